The van der Waals surface area contributed by atoms with Crippen molar-refractivity contribution in [3.8, 4) is 11.3 Å². The molecule has 1 heterocycles. The molecule has 0 saturated heterocycles. The van der Waals surface area contributed by atoms with Gasteiger partial charge in [-0.1, -0.05) is 23.7 Å². The summed E-state index contributed by atoms with van der Waals surface area (Å²) in [5, 5.41) is 5.60. The van der Waals surface area contributed by atoms with E-state index < -0.39 is 15.8 Å². The Hall–Kier alpha value is -2.16. The second-order valence-electron chi connectivity index (χ2n) is 5.24. The van der Waals surface area contributed by atoms with Crippen molar-refractivity contribution in [2.75, 3.05) is 16.3 Å². The summed E-state index contributed by atoms with van der Waals surface area (Å²) >= 11 is 7.07. The number of nitrogens with zero attached hydrogens (tertiary/aromatic N) is 1. The van der Waals surface area contributed by atoms with E-state index in [2.05, 4.69) is 15.0 Å². The van der Waals surface area contributed by atoms with Crippen LogP contribution >= 0.6 is 22.9 Å². The largest absolute Gasteiger partial charge is 0.329 e. The van der Waals surface area contributed by atoms with E-state index in [1.807, 2.05) is 5.38 Å². The Morgan fingerprint density at radius 3 is 2.52 bits per heavy atom. The van der Waals surface area contributed by atoms with Gasteiger partial charge in [0.2, 0.25) is 10.0 Å². The summed E-state index contributed by atoms with van der Waals surface area (Å²) in [5.41, 5.74) is 2.29. The van der Waals surface area contributed by atoms with E-state index in [0.717, 1.165) is 11.8 Å². The lowest BCUT2D eigenvalue weighted by Crippen LogP contribution is -2.09. The van der Waals surface area contributed by atoms with Gasteiger partial charge in [-0.3, -0.25) is 4.72 Å². The maximum absolute atomic E-state index is 13.8. The van der Waals surface area contributed by atoms with Gasteiger partial charge in [0.05, 0.1) is 17.6 Å². The molecule has 5 nitrogen and oxygen atoms in total. The predicted octanol–water partition coefficient (Wildman–Crippen LogP) is 4.72. The van der Waals surface area contributed by atoms with E-state index in [-0.39, 0.29) is 5.69 Å². The fourth-order valence-corrected chi connectivity index (χ4v) is 3.55. The smallest absolute Gasteiger partial charge is 0.229 e. The Labute approximate surface area is 153 Å². The lowest BCUT2D eigenvalue weighted by molar-refractivity contribution is 0.607. The minimum atomic E-state index is -3.31. The fourth-order valence-electron chi connectivity index (χ4n) is 2.09. The number of nitrogens with one attached hydrogen (secondary N) is 2. The van der Waals surface area contributed by atoms with Crippen LogP contribution in [0.2, 0.25) is 5.02 Å². The third kappa shape index (κ3) is 4.68. The maximum Gasteiger partial charge on any atom is 0.229 e. The highest BCUT2D eigenvalue weighted by Crippen LogP contribution is 2.29. The summed E-state index contributed by atoms with van der Waals surface area (Å²) in [7, 11) is -3.31. The van der Waals surface area contributed by atoms with Gasteiger partial charge in [-0.2, -0.15) is 0 Å². The lowest BCUT2D eigenvalue weighted by Gasteiger charge is -2.05. The summed E-state index contributed by atoms with van der Waals surface area (Å²) in [4.78, 5) is 4.41. The number of aromatic nitrogens is 1. The zero-order valence-corrected chi connectivity index (χ0v) is 15.3. The molecular formula is C16H13ClFN3O2S2. The Kier molecular flexibility index (Phi) is 4.94. The van der Waals surface area contributed by atoms with Gasteiger partial charge in [0, 0.05) is 21.7 Å². The number of sulfonamides is 1. The van der Waals surface area contributed by atoms with Crippen LogP contribution in [0.3, 0.4) is 0 Å². The molecular weight excluding hydrogens is 385 g/mol. The van der Waals surface area contributed by atoms with Crippen molar-refractivity contribution < 1.29 is 12.8 Å². The second-order valence-corrected chi connectivity index (χ2v) is 8.28. The second kappa shape index (κ2) is 6.99. The first-order valence-electron chi connectivity index (χ1n) is 7.06. The molecule has 0 aliphatic rings. The van der Waals surface area contributed by atoms with Crippen molar-refractivity contribution in [2.45, 2.75) is 0 Å². The maximum atomic E-state index is 13.8. The molecule has 3 aromatic rings. The van der Waals surface area contributed by atoms with E-state index >= 15 is 0 Å². The monoisotopic (exact) mass is 397 g/mol. The summed E-state index contributed by atoms with van der Waals surface area (Å²) in [6.07, 6.45) is 1.09. The number of thiazole rings is 1. The van der Waals surface area contributed by atoms with Crippen LogP contribution in [0, 0.1) is 5.82 Å². The average Bonchev–Trinajstić information content (AvgIpc) is 2.98. The van der Waals surface area contributed by atoms with Crippen molar-refractivity contribution in [3.05, 3.63) is 58.7 Å². The molecule has 130 valence electrons. The van der Waals surface area contributed by atoms with Crippen molar-refractivity contribution >= 4 is 49.5 Å². The van der Waals surface area contributed by atoms with E-state index in [1.54, 1.807) is 36.4 Å². The number of halogens is 2. The van der Waals surface area contributed by atoms with Crippen molar-refractivity contribution in [1.82, 2.24) is 4.98 Å². The van der Waals surface area contributed by atoms with Crippen LogP contribution in [0.5, 0.6) is 0 Å². The standard InChI is InChI=1S/C16H13ClFN3O2S2/c1-25(22,23)21-12-5-2-10(3-6-12)15-9-24-16(20-15)19-14-7-4-11(17)8-13(14)18/h2-9,21H,1H3,(H,19,20). The molecule has 0 bridgehead atoms. The van der Waals surface area contributed by atoms with E-state index in [4.69, 9.17) is 11.6 Å². The molecule has 2 N–H and O–H groups in total. The Morgan fingerprint density at radius 2 is 1.88 bits per heavy atom. The lowest BCUT2D eigenvalue weighted by atomic mass is 10.1. The van der Waals surface area contributed by atoms with Gasteiger partial charge >= 0.3 is 0 Å². The Balaban J connectivity index is 1.77. The van der Waals surface area contributed by atoms with Gasteiger partial charge < -0.3 is 5.32 Å². The SMILES string of the molecule is CS(=O)(=O)Nc1ccc(-c2csc(Nc3ccc(Cl)cc3F)n2)cc1. The Morgan fingerprint density at radius 1 is 1.16 bits per heavy atom. The molecule has 0 aliphatic heterocycles. The van der Waals surface area contributed by atoms with Crippen LogP contribution in [0.1, 0.15) is 0 Å². The number of rotatable bonds is 5. The number of hydrogen-bond acceptors (Lipinski definition) is 5. The predicted molar refractivity (Wildman–Crippen MR) is 101 cm³/mol. The van der Waals surface area contributed by atoms with Crippen LogP contribution in [0.25, 0.3) is 11.3 Å². The molecule has 0 fully saturated rings. The quantitative estimate of drug-likeness (QED) is 0.653. The molecule has 3 rings (SSSR count). The van der Waals surface area contributed by atoms with Crippen LogP contribution in [-0.2, 0) is 10.0 Å². The molecule has 9 heteroatoms. The highest BCUT2D eigenvalue weighted by molar-refractivity contribution is 7.92. The summed E-state index contributed by atoms with van der Waals surface area (Å²) in [5.74, 6) is -0.458. The first kappa shape index (κ1) is 17.7. The fraction of sp³-hybridized carbons (Fsp3) is 0.0625. The van der Waals surface area contributed by atoms with Crippen LogP contribution < -0.4 is 10.0 Å². The van der Waals surface area contributed by atoms with Crippen LogP contribution in [-0.4, -0.2) is 19.7 Å². The van der Waals surface area contributed by atoms with E-state index in [1.165, 1.54) is 17.4 Å². The van der Waals surface area contributed by atoms with Crippen molar-refractivity contribution in [1.29, 1.82) is 0 Å². The third-order valence-electron chi connectivity index (χ3n) is 3.16. The molecule has 0 spiro atoms. The topological polar surface area (TPSA) is 71.1 Å². The minimum Gasteiger partial charge on any atom is -0.329 e. The number of hydrogen-bond donors (Lipinski definition) is 2. The van der Waals surface area contributed by atoms with Crippen LogP contribution in [0.4, 0.5) is 20.9 Å². The van der Waals surface area contributed by atoms with Gasteiger partial charge in [0.15, 0.2) is 5.13 Å². The first-order chi connectivity index (χ1) is 11.8. The summed E-state index contributed by atoms with van der Waals surface area (Å²) in [6, 6.07) is 11.2. The van der Waals surface area contributed by atoms with Gasteiger partial charge in [0.25, 0.3) is 0 Å². The van der Waals surface area contributed by atoms with Crippen molar-refractivity contribution in [2.24, 2.45) is 0 Å². The third-order valence-corrected chi connectivity index (χ3v) is 4.76. The highest BCUT2D eigenvalue weighted by Gasteiger charge is 2.09. The zero-order valence-electron chi connectivity index (χ0n) is 13.0. The Bertz CT molecular complexity index is 1000. The molecule has 25 heavy (non-hydrogen) atoms. The van der Waals surface area contributed by atoms with Crippen molar-refractivity contribution in [3.63, 3.8) is 0 Å². The summed E-state index contributed by atoms with van der Waals surface area (Å²) < 4.78 is 38.6. The van der Waals surface area contributed by atoms with Gasteiger partial charge in [0.1, 0.15) is 5.82 Å². The molecule has 0 saturated carbocycles. The van der Waals surface area contributed by atoms with E-state index in [0.29, 0.717) is 21.5 Å². The number of benzene rings is 2. The highest BCUT2D eigenvalue weighted by atomic mass is 35.5. The zero-order chi connectivity index (χ0) is 18.0. The molecule has 0 atom stereocenters. The van der Waals surface area contributed by atoms with E-state index in [9.17, 15) is 12.8 Å². The molecule has 0 unspecified atom stereocenters. The van der Waals surface area contributed by atoms with Gasteiger partial charge in [-0.15, -0.1) is 11.3 Å². The average molecular weight is 398 g/mol. The number of anilines is 3. The molecule has 0 amide bonds. The summed E-state index contributed by atoms with van der Waals surface area (Å²) in [6.45, 7) is 0. The van der Waals surface area contributed by atoms with Gasteiger partial charge in [-0.05, 0) is 30.3 Å². The molecule has 1 aromatic heterocycles. The van der Waals surface area contributed by atoms with Crippen LogP contribution in [0.15, 0.2) is 47.8 Å². The molecule has 0 aliphatic carbocycles. The minimum absolute atomic E-state index is 0.290. The first-order valence-corrected chi connectivity index (χ1v) is 10.2. The molecule has 2 aromatic carbocycles. The van der Waals surface area contributed by atoms with Gasteiger partial charge in [-0.25, -0.2) is 17.8 Å². The molecule has 0 radical (unpaired) electrons. The normalized spacial score (nSPS) is 11.3.